The van der Waals surface area contributed by atoms with E-state index < -0.39 is 15.4 Å². The highest BCUT2D eigenvalue weighted by molar-refractivity contribution is 9.10. The van der Waals surface area contributed by atoms with Crippen LogP contribution >= 0.6 is 50.7 Å². The van der Waals surface area contributed by atoms with E-state index >= 15 is 0 Å². The first-order valence-electron chi connectivity index (χ1n) is 6.39. The summed E-state index contributed by atoms with van der Waals surface area (Å²) in [5, 5.41) is 2.71. The summed E-state index contributed by atoms with van der Waals surface area (Å²) in [6.45, 7) is 0.0326. The Bertz CT molecular complexity index is 695. The lowest BCUT2D eigenvalue weighted by Gasteiger charge is -2.13. The Kier molecular flexibility index (Phi) is 6.51. The Morgan fingerprint density at radius 1 is 1.00 bits per heavy atom. The summed E-state index contributed by atoms with van der Waals surface area (Å²) in [6, 6.07) is 8.75. The summed E-state index contributed by atoms with van der Waals surface area (Å²) in [7, 11) is 0. The third-order valence-corrected chi connectivity index (χ3v) is 3.59. The molecule has 2 aromatic carbocycles. The van der Waals surface area contributed by atoms with Gasteiger partial charge in [-0.25, -0.2) is 8.78 Å². The van der Waals surface area contributed by atoms with Crippen LogP contribution in [0.4, 0.5) is 20.2 Å². The molecule has 8 heteroatoms. The van der Waals surface area contributed by atoms with Gasteiger partial charge in [0.1, 0.15) is 11.6 Å². The largest absolute Gasteiger partial charge is 0.372 e. The van der Waals surface area contributed by atoms with E-state index in [1.54, 1.807) is 6.07 Å². The third-order valence-electron chi connectivity index (χ3n) is 2.77. The topological polar surface area (TPSA) is 21.3 Å². The van der Waals surface area contributed by atoms with Crippen LogP contribution in [0.5, 0.6) is 0 Å². The smallest absolute Gasteiger partial charge is 0.213 e. The fraction of sp³-hybridized carbons (Fsp3) is 0.200. The standard InChI is InChI=1S/C15H11BrCl3F2NO/c16-10-2-4-13(12(21)6-10)22-14-5-9(1-3-11(14)20)7-23-8-15(17,18)19/h1-6,22H,7-8H2. The van der Waals surface area contributed by atoms with Crippen molar-refractivity contribution in [1.29, 1.82) is 0 Å². The SMILES string of the molecule is Fc1cc(Br)ccc1Nc1cc(COCC(Cl)(Cl)Cl)ccc1F. The van der Waals surface area contributed by atoms with Crippen molar-refractivity contribution in [3.05, 3.63) is 58.1 Å². The minimum atomic E-state index is -1.51. The zero-order valence-corrected chi connectivity index (χ0v) is 15.4. The molecule has 0 unspecified atom stereocenters. The van der Waals surface area contributed by atoms with Crippen LogP contribution in [0.2, 0.25) is 0 Å². The molecule has 2 rings (SSSR count). The van der Waals surface area contributed by atoms with Crippen molar-refractivity contribution in [2.24, 2.45) is 0 Å². The molecule has 0 spiro atoms. The minimum absolute atomic E-state index is 0.0981. The van der Waals surface area contributed by atoms with Gasteiger partial charge in [0.2, 0.25) is 3.79 Å². The lowest BCUT2D eigenvalue weighted by Crippen LogP contribution is -2.12. The number of benzene rings is 2. The second kappa shape index (κ2) is 7.99. The predicted molar refractivity (Wildman–Crippen MR) is 93.7 cm³/mol. The van der Waals surface area contributed by atoms with E-state index in [1.807, 2.05) is 0 Å². The van der Waals surface area contributed by atoms with Gasteiger partial charge in [-0.3, -0.25) is 0 Å². The predicted octanol–water partition coefficient (Wildman–Crippen LogP) is 6.36. The first-order chi connectivity index (χ1) is 10.7. The molecule has 0 heterocycles. The Morgan fingerprint density at radius 2 is 1.74 bits per heavy atom. The normalized spacial score (nSPS) is 11.6. The maximum absolute atomic E-state index is 13.9. The molecule has 0 bridgehead atoms. The van der Waals surface area contributed by atoms with Gasteiger partial charge in [0, 0.05) is 4.47 Å². The molecule has 0 aliphatic carbocycles. The van der Waals surface area contributed by atoms with Crippen LogP contribution in [0.1, 0.15) is 5.56 Å². The average Bonchev–Trinajstić information content (AvgIpc) is 2.44. The molecule has 23 heavy (non-hydrogen) atoms. The fourth-order valence-corrected chi connectivity index (χ4v) is 2.34. The quantitative estimate of drug-likeness (QED) is 0.541. The van der Waals surface area contributed by atoms with E-state index in [-0.39, 0.29) is 24.6 Å². The van der Waals surface area contributed by atoms with Gasteiger partial charge in [-0.2, -0.15) is 0 Å². The average molecular weight is 446 g/mol. The maximum atomic E-state index is 13.9. The van der Waals surface area contributed by atoms with Gasteiger partial charge in [-0.1, -0.05) is 56.8 Å². The number of alkyl halides is 3. The number of anilines is 2. The second-order valence-electron chi connectivity index (χ2n) is 4.67. The van der Waals surface area contributed by atoms with E-state index in [4.69, 9.17) is 39.5 Å². The molecule has 0 amide bonds. The molecular weight excluding hydrogens is 434 g/mol. The molecule has 124 valence electrons. The van der Waals surface area contributed by atoms with Gasteiger partial charge in [0.25, 0.3) is 0 Å². The highest BCUT2D eigenvalue weighted by Crippen LogP contribution is 2.28. The van der Waals surface area contributed by atoms with Crippen LogP contribution in [0, 0.1) is 11.6 Å². The van der Waals surface area contributed by atoms with Gasteiger partial charge in [-0.05, 0) is 35.9 Å². The van der Waals surface area contributed by atoms with Gasteiger partial charge in [0.05, 0.1) is 24.6 Å². The molecule has 0 aromatic heterocycles. The van der Waals surface area contributed by atoms with Crippen LogP contribution in [0.3, 0.4) is 0 Å². The van der Waals surface area contributed by atoms with Crippen molar-refractivity contribution in [2.45, 2.75) is 10.4 Å². The molecule has 0 aliphatic heterocycles. The molecule has 0 fully saturated rings. The summed E-state index contributed by atoms with van der Waals surface area (Å²) < 4.78 is 32.0. The summed E-state index contributed by atoms with van der Waals surface area (Å²) in [5.74, 6) is -1.02. The number of hydrogen-bond acceptors (Lipinski definition) is 2. The molecular formula is C15H11BrCl3F2NO. The first-order valence-corrected chi connectivity index (χ1v) is 8.32. The highest BCUT2D eigenvalue weighted by atomic mass is 79.9. The van der Waals surface area contributed by atoms with E-state index in [9.17, 15) is 8.78 Å². The van der Waals surface area contributed by atoms with Gasteiger partial charge >= 0.3 is 0 Å². The van der Waals surface area contributed by atoms with Crippen molar-refractivity contribution < 1.29 is 13.5 Å². The van der Waals surface area contributed by atoms with Crippen molar-refractivity contribution in [3.8, 4) is 0 Å². The molecule has 0 radical (unpaired) electrons. The molecule has 1 N–H and O–H groups in total. The molecule has 2 aromatic rings. The maximum Gasteiger partial charge on any atom is 0.213 e. The van der Waals surface area contributed by atoms with E-state index in [2.05, 4.69) is 21.2 Å². The van der Waals surface area contributed by atoms with E-state index in [1.165, 1.54) is 30.3 Å². The molecule has 0 saturated heterocycles. The summed E-state index contributed by atoms with van der Waals surface area (Å²) in [5.41, 5.74) is 0.938. The number of halogens is 6. The molecule has 0 saturated carbocycles. The van der Waals surface area contributed by atoms with Crippen LogP contribution < -0.4 is 5.32 Å². The van der Waals surface area contributed by atoms with Gasteiger partial charge in [-0.15, -0.1) is 0 Å². The zero-order chi connectivity index (χ0) is 17.0. The van der Waals surface area contributed by atoms with Gasteiger partial charge < -0.3 is 10.1 Å². The van der Waals surface area contributed by atoms with Gasteiger partial charge in [0.15, 0.2) is 0 Å². The number of ether oxygens (including phenoxy) is 1. The number of rotatable bonds is 5. The Balaban J connectivity index is 2.11. The Morgan fingerprint density at radius 3 is 2.39 bits per heavy atom. The van der Waals surface area contributed by atoms with Crippen molar-refractivity contribution in [2.75, 3.05) is 11.9 Å². The van der Waals surface area contributed by atoms with Crippen LogP contribution in [-0.4, -0.2) is 10.4 Å². The van der Waals surface area contributed by atoms with Crippen molar-refractivity contribution in [3.63, 3.8) is 0 Å². The number of hydrogen-bond donors (Lipinski definition) is 1. The lowest BCUT2D eigenvalue weighted by atomic mass is 10.2. The van der Waals surface area contributed by atoms with Crippen molar-refractivity contribution >= 4 is 62.1 Å². The number of nitrogens with one attached hydrogen (secondary N) is 1. The van der Waals surface area contributed by atoms with Crippen molar-refractivity contribution in [1.82, 2.24) is 0 Å². The van der Waals surface area contributed by atoms with Crippen LogP contribution in [-0.2, 0) is 11.3 Å². The summed E-state index contributed by atoms with van der Waals surface area (Å²) >= 11 is 19.9. The zero-order valence-electron chi connectivity index (χ0n) is 11.6. The summed E-state index contributed by atoms with van der Waals surface area (Å²) in [6.07, 6.45) is 0. The summed E-state index contributed by atoms with van der Waals surface area (Å²) in [4.78, 5) is 0. The Hall–Kier alpha value is -0.590. The first kappa shape index (κ1) is 18.7. The highest BCUT2D eigenvalue weighted by Gasteiger charge is 2.19. The fourth-order valence-electron chi connectivity index (χ4n) is 1.78. The Labute approximate surface area is 155 Å². The molecule has 0 atom stereocenters. The minimum Gasteiger partial charge on any atom is -0.372 e. The lowest BCUT2D eigenvalue weighted by molar-refractivity contribution is 0.126. The molecule has 0 aliphatic rings. The van der Waals surface area contributed by atoms with Crippen LogP contribution in [0.15, 0.2) is 40.9 Å². The van der Waals surface area contributed by atoms with E-state index in [0.717, 1.165) is 0 Å². The van der Waals surface area contributed by atoms with E-state index in [0.29, 0.717) is 10.0 Å². The van der Waals surface area contributed by atoms with Crippen LogP contribution in [0.25, 0.3) is 0 Å². The third kappa shape index (κ3) is 6.08. The monoisotopic (exact) mass is 443 g/mol. The second-order valence-corrected chi connectivity index (χ2v) is 8.10. The molecule has 2 nitrogen and oxygen atoms in total.